The van der Waals surface area contributed by atoms with Gasteiger partial charge in [0.05, 0.1) is 6.20 Å². The van der Waals surface area contributed by atoms with Crippen molar-refractivity contribution in [1.82, 2.24) is 9.71 Å². The molecule has 1 aromatic heterocycles. The molecule has 1 N–H and O–H groups in total. The molecule has 1 aliphatic rings. The van der Waals surface area contributed by atoms with E-state index in [-0.39, 0.29) is 11.9 Å². The summed E-state index contributed by atoms with van der Waals surface area (Å²) in [5.41, 5.74) is 2.95. The lowest BCUT2D eigenvalue weighted by Crippen LogP contribution is -2.28. The maximum absolute atomic E-state index is 13.2. The number of hydrogen-bond acceptors (Lipinski definition) is 3. The number of halogens is 1. The van der Waals surface area contributed by atoms with Crippen molar-refractivity contribution >= 4 is 11.3 Å². The van der Waals surface area contributed by atoms with Crippen molar-refractivity contribution in [2.75, 3.05) is 0 Å². The third-order valence-electron chi connectivity index (χ3n) is 4.25. The smallest absolute Gasteiger partial charge is 0.142 e. The van der Waals surface area contributed by atoms with E-state index in [1.807, 2.05) is 19.1 Å². The van der Waals surface area contributed by atoms with E-state index in [1.165, 1.54) is 17.8 Å². The molecule has 0 amide bonds. The number of nitrogens with one attached hydrogen (secondary N) is 1. The van der Waals surface area contributed by atoms with Crippen molar-refractivity contribution in [3.8, 4) is 11.1 Å². The molecule has 2 aromatic rings. The summed E-state index contributed by atoms with van der Waals surface area (Å²) >= 11 is -2.20. The zero-order valence-corrected chi connectivity index (χ0v) is 13.6. The van der Waals surface area contributed by atoms with Crippen LogP contribution in [0, 0.1) is 11.7 Å². The van der Waals surface area contributed by atoms with E-state index in [9.17, 15) is 13.2 Å². The lowest BCUT2D eigenvalue weighted by atomic mass is 10.0. The Bertz CT molecular complexity index is 708. The molecule has 6 heteroatoms. The van der Waals surface area contributed by atoms with E-state index in [1.54, 1.807) is 6.20 Å². The van der Waals surface area contributed by atoms with Gasteiger partial charge in [0.25, 0.3) is 0 Å². The largest absolute Gasteiger partial charge is 0.760 e. The number of benzene rings is 1. The first-order valence-corrected chi connectivity index (χ1v) is 8.66. The van der Waals surface area contributed by atoms with Crippen molar-refractivity contribution < 1.29 is 13.2 Å². The average Bonchev–Trinajstić information content (AvgIpc) is 3.25. The van der Waals surface area contributed by atoms with Crippen LogP contribution in [0.15, 0.2) is 42.7 Å². The normalized spacial score (nSPS) is 22.6. The third kappa shape index (κ3) is 4.22. The summed E-state index contributed by atoms with van der Waals surface area (Å²) in [7, 11) is 0. The topological polar surface area (TPSA) is 65.0 Å². The number of rotatable bonds is 6. The molecule has 1 fully saturated rings. The van der Waals surface area contributed by atoms with Crippen LogP contribution in [0.25, 0.3) is 11.1 Å². The van der Waals surface area contributed by atoms with Crippen molar-refractivity contribution in [2.45, 2.75) is 31.7 Å². The number of nitrogens with zero attached hydrogens (tertiary/aromatic N) is 1. The summed E-state index contributed by atoms with van der Waals surface area (Å²) in [6, 6.07) is 9.52. The van der Waals surface area contributed by atoms with Crippen molar-refractivity contribution in [3.63, 3.8) is 0 Å². The van der Waals surface area contributed by atoms with Gasteiger partial charge in [-0.2, -0.15) is 0 Å². The molecule has 0 bridgehead atoms. The predicted octanol–water partition coefficient (Wildman–Crippen LogP) is 3.15. The van der Waals surface area contributed by atoms with Crippen LogP contribution in [-0.2, 0) is 11.3 Å². The van der Waals surface area contributed by atoms with Crippen molar-refractivity contribution in [3.05, 3.63) is 54.1 Å². The van der Waals surface area contributed by atoms with Gasteiger partial charge in [-0.05, 0) is 48.8 Å². The molecule has 1 aromatic carbocycles. The van der Waals surface area contributed by atoms with Gasteiger partial charge in [-0.1, -0.05) is 24.3 Å². The van der Waals surface area contributed by atoms with Crippen LogP contribution in [-0.4, -0.2) is 19.8 Å². The summed E-state index contributed by atoms with van der Waals surface area (Å²) < 4.78 is 36.9. The molecule has 4 atom stereocenters. The van der Waals surface area contributed by atoms with Gasteiger partial charge in [0.15, 0.2) is 0 Å². The molecule has 0 aliphatic heterocycles. The summed E-state index contributed by atoms with van der Waals surface area (Å²) in [5, 5.41) is 0. The Morgan fingerprint density at radius 2 is 2.09 bits per heavy atom. The van der Waals surface area contributed by atoms with Crippen molar-refractivity contribution in [2.24, 2.45) is 5.92 Å². The molecule has 4 nitrogen and oxygen atoms in total. The molecule has 122 valence electrons. The molecule has 0 radical (unpaired) electrons. The van der Waals surface area contributed by atoms with Gasteiger partial charge in [-0.3, -0.25) is 9.19 Å². The maximum Gasteiger partial charge on any atom is 0.142 e. The van der Waals surface area contributed by atoms with Crippen LogP contribution in [0.3, 0.4) is 0 Å². The number of aromatic nitrogens is 1. The summed E-state index contributed by atoms with van der Waals surface area (Å²) in [5.74, 6) is 0.660. The molecule has 1 aliphatic carbocycles. The van der Waals surface area contributed by atoms with Gasteiger partial charge < -0.3 is 4.55 Å². The van der Waals surface area contributed by atoms with Crippen LogP contribution >= 0.6 is 0 Å². The number of hydrogen-bond donors (Lipinski definition) is 1. The SMILES string of the molecule is CC(CC1CC1c1ccc(-c2cncc(F)c2)cc1)NS(=O)[O-]. The Balaban J connectivity index is 1.62. The van der Waals surface area contributed by atoms with Gasteiger partial charge in [0, 0.05) is 29.1 Å². The second-order valence-electron chi connectivity index (χ2n) is 6.11. The van der Waals surface area contributed by atoms with Gasteiger partial charge in [-0.15, -0.1) is 0 Å². The highest BCUT2D eigenvalue weighted by Crippen LogP contribution is 2.50. The fourth-order valence-electron chi connectivity index (χ4n) is 3.08. The van der Waals surface area contributed by atoms with Crippen LogP contribution in [0.2, 0.25) is 0 Å². The minimum atomic E-state index is -2.20. The molecule has 1 heterocycles. The zero-order valence-electron chi connectivity index (χ0n) is 12.7. The first kappa shape index (κ1) is 16.2. The highest BCUT2D eigenvalue weighted by molar-refractivity contribution is 7.77. The standard InChI is InChI=1S/C17H19FN2O2S/c1-11(20-23(21)22)6-14-8-17(14)13-4-2-12(3-5-13)15-7-16(18)10-19-9-15/h2-5,7,9-11,14,17,20H,6,8H2,1H3,(H,21,22)/p-1. The highest BCUT2D eigenvalue weighted by Gasteiger charge is 2.38. The number of pyridine rings is 1. The third-order valence-corrected chi connectivity index (χ3v) is 4.85. The van der Waals surface area contributed by atoms with E-state index in [2.05, 4.69) is 21.8 Å². The Morgan fingerprint density at radius 3 is 2.74 bits per heavy atom. The fourth-order valence-corrected chi connectivity index (χ4v) is 3.50. The molecule has 23 heavy (non-hydrogen) atoms. The monoisotopic (exact) mass is 333 g/mol. The van der Waals surface area contributed by atoms with Gasteiger partial charge in [0.2, 0.25) is 0 Å². The quantitative estimate of drug-likeness (QED) is 0.826. The minimum absolute atomic E-state index is 0.0408. The Kier molecular flexibility index (Phi) is 4.84. The average molecular weight is 333 g/mol. The summed E-state index contributed by atoms with van der Waals surface area (Å²) in [6.07, 6.45) is 4.76. The predicted molar refractivity (Wildman–Crippen MR) is 86.6 cm³/mol. The van der Waals surface area contributed by atoms with Crippen LogP contribution in [0.5, 0.6) is 0 Å². The fraction of sp³-hybridized carbons (Fsp3) is 0.353. The Labute approximate surface area is 137 Å². The molecular weight excluding hydrogens is 315 g/mol. The van der Waals surface area contributed by atoms with E-state index in [4.69, 9.17) is 0 Å². The molecule has 1 saturated carbocycles. The molecule has 0 spiro atoms. The van der Waals surface area contributed by atoms with Crippen LogP contribution in [0.1, 0.15) is 31.2 Å². The van der Waals surface area contributed by atoms with Crippen molar-refractivity contribution in [1.29, 1.82) is 0 Å². The summed E-state index contributed by atoms with van der Waals surface area (Å²) in [4.78, 5) is 3.87. The van der Waals surface area contributed by atoms with Gasteiger partial charge in [-0.25, -0.2) is 9.11 Å². The molecular formula is C17H18FN2O2S-. The molecule has 3 rings (SSSR count). The van der Waals surface area contributed by atoms with Gasteiger partial charge >= 0.3 is 0 Å². The highest BCUT2D eigenvalue weighted by atomic mass is 32.2. The second kappa shape index (κ2) is 6.86. The lowest BCUT2D eigenvalue weighted by molar-refractivity contribution is 0.490. The van der Waals surface area contributed by atoms with E-state index in [0.717, 1.165) is 24.0 Å². The zero-order chi connectivity index (χ0) is 16.4. The maximum atomic E-state index is 13.2. The molecule has 4 unspecified atom stereocenters. The van der Waals surface area contributed by atoms with E-state index < -0.39 is 11.3 Å². The minimum Gasteiger partial charge on any atom is -0.760 e. The first-order chi connectivity index (χ1) is 11.0. The van der Waals surface area contributed by atoms with E-state index in [0.29, 0.717) is 11.8 Å². The first-order valence-electron chi connectivity index (χ1n) is 7.59. The molecule has 0 saturated heterocycles. The lowest BCUT2D eigenvalue weighted by Gasteiger charge is -2.15. The Hall–Kier alpha value is -1.63. The van der Waals surface area contributed by atoms with Crippen LogP contribution < -0.4 is 4.72 Å². The van der Waals surface area contributed by atoms with E-state index >= 15 is 0 Å². The second-order valence-corrected chi connectivity index (χ2v) is 6.81. The summed E-state index contributed by atoms with van der Waals surface area (Å²) in [6.45, 7) is 1.88. The Morgan fingerprint density at radius 1 is 1.35 bits per heavy atom. The van der Waals surface area contributed by atoms with Crippen LogP contribution in [0.4, 0.5) is 4.39 Å². The van der Waals surface area contributed by atoms with Gasteiger partial charge in [0.1, 0.15) is 5.82 Å².